The molecule has 1 unspecified atom stereocenters. The Hall–Kier alpha value is -0.510. The van der Waals surface area contributed by atoms with Crippen molar-refractivity contribution in [1.82, 2.24) is 4.72 Å². The molecule has 0 heterocycles. The molecule has 3 N–H and O–H groups in total. The molecular weight excluding hydrogens is 285 g/mol. The quantitative estimate of drug-likeness (QED) is 0.581. The molecule has 5 nitrogen and oxygen atoms in total. The van der Waals surface area contributed by atoms with Gasteiger partial charge in [0.05, 0.1) is 6.61 Å². The van der Waals surface area contributed by atoms with Crippen LogP contribution in [-0.2, 0) is 20.9 Å². The summed E-state index contributed by atoms with van der Waals surface area (Å²) in [5, 5.41) is 0. The minimum absolute atomic E-state index is 0.0839. The molecule has 0 aromatic rings. The van der Waals surface area contributed by atoms with Gasteiger partial charge in [-0.2, -0.15) is 13.2 Å². The van der Waals surface area contributed by atoms with Crippen molar-refractivity contribution in [2.24, 2.45) is 5.73 Å². The summed E-state index contributed by atoms with van der Waals surface area (Å²) in [6, 6.07) is -4.39. The molecule has 0 radical (unpaired) electrons. The molecule has 114 valence electrons. The average Bonchev–Trinajstić information content (AvgIpc) is 2.21. The van der Waals surface area contributed by atoms with Gasteiger partial charge in [0.15, 0.2) is 6.04 Å². The lowest BCUT2D eigenvalue weighted by atomic mass is 10.1. The Bertz CT molecular complexity index is 307. The summed E-state index contributed by atoms with van der Waals surface area (Å²) >= 11 is -2.01. The molecule has 9 heteroatoms. The van der Waals surface area contributed by atoms with E-state index in [0.717, 1.165) is 0 Å². The standard InChI is InChI=1S/C10H19F3N2O3S/c1-5-18-8(16)6(14)7(10(11,12)13)15-19(17)9(2,3)4/h6-7,15H,5,14H2,1-4H3/t6-,7-,19?/m1/s1. The van der Waals surface area contributed by atoms with Gasteiger partial charge in [-0.3, -0.25) is 4.79 Å². The summed E-state index contributed by atoms with van der Waals surface area (Å²) in [4.78, 5) is 11.3. The van der Waals surface area contributed by atoms with Crippen molar-refractivity contribution in [3.63, 3.8) is 0 Å². The predicted molar refractivity (Wildman–Crippen MR) is 65.5 cm³/mol. The number of halogens is 3. The van der Waals surface area contributed by atoms with E-state index in [1.54, 1.807) is 0 Å². The van der Waals surface area contributed by atoms with E-state index in [1.807, 2.05) is 4.72 Å². The van der Waals surface area contributed by atoms with E-state index >= 15 is 0 Å². The van der Waals surface area contributed by atoms with Gasteiger partial charge >= 0.3 is 12.1 Å². The van der Waals surface area contributed by atoms with Crippen molar-refractivity contribution >= 4 is 17.3 Å². The molecular formula is C10H19F3N2O3S. The fraction of sp³-hybridized carbons (Fsp3) is 0.900. The summed E-state index contributed by atoms with van der Waals surface area (Å²) in [5.74, 6) is -1.19. The van der Waals surface area contributed by atoms with Crippen LogP contribution in [0.5, 0.6) is 0 Å². The molecule has 0 fully saturated rings. The first-order chi connectivity index (χ1) is 8.41. The maximum Gasteiger partial charge on any atom is 0.410 e. The predicted octanol–water partition coefficient (Wildman–Crippen LogP) is 0.859. The van der Waals surface area contributed by atoms with Crippen molar-refractivity contribution in [2.45, 2.75) is 50.7 Å². The lowest BCUT2D eigenvalue weighted by molar-refractivity contribution is -0.170. The van der Waals surface area contributed by atoms with E-state index in [1.165, 1.54) is 27.7 Å². The van der Waals surface area contributed by atoms with Gasteiger partial charge in [0.2, 0.25) is 0 Å². The molecule has 0 aromatic heterocycles. The Kier molecular flexibility index (Phi) is 6.60. The van der Waals surface area contributed by atoms with Crippen LogP contribution in [0, 0.1) is 0 Å². The van der Waals surface area contributed by atoms with Gasteiger partial charge < -0.3 is 15.0 Å². The number of ether oxygens (including phenoxy) is 1. The number of nitrogens with two attached hydrogens (primary N) is 1. The zero-order chi connectivity index (χ0) is 15.4. The normalized spacial score (nSPS) is 17.7. The van der Waals surface area contributed by atoms with Crippen LogP contribution in [0.3, 0.4) is 0 Å². The number of hydrogen-bond donors (Lipinski definition) is 2. The molecule has 0 rings (SSSR count). The average molecular weight is 304 g/mol. The Morgan fingerprint density at radius 1 is 1.42 bits per heavy atom. The maximum atomic E-state index is 12.8. The second-order valence-corrected chi connectivity index (χ2v) is 6.79. The monoisotopic (exact) mass is 304 g/mol. The minimum Gasteiger partial charge on any atom is -0.598 e. The minimum atomic E-state index is -4.81. The fourth-order valence-corrected chi connectivity index (χ4v) is 1.87. The van der Waals surface area contributed by atoms with Crippen LogP contribution in [0.25, 0.3) is 0 Å². The lowest BCUT2D eigenvalue weighted by Crippen LogP contribution is -2.61. The highest BCUT2D eigenvalue weighted by Gasteiger charge is 2.50. The number of alkyl halides is 3. The Balaban J connectivity index is 4.99. The number of nitrogens with one attached hydrogen (secondary N) is 1. The Morgan fingerprint density at radius 2 is 1.89 bits per heavy atom. The number of carbonyl (C=O) groups excluding carboxylic acids is 1. The maximum absolute atomic E-state index is 12.8. The first-order valence-electron chi connectivity index (χ1n) is 5.58. The zero-order valence-electron chi connectivity index (χ0n) is 11.2. The molecule has 0 saturated heterocycles. The molecule has 0 bridgehead atoms. The van der Waals surface area contributed by atoms with E-state index < -0.39 is 40.3 Å². The fourth-order valence-electron chi connectivity index (χ4n) is 1.01. The molecule has 3 atom stereocenters. The van der Waals surface area contributed by atoms with Crippen LogP contribution >= 0.6 is 0 Å². The number of rotatable bonds is 5. The van der Waals surface area contributed by atoms with Crippen LogP contribution < -0.4 is 10.5 Å². The second kappa shape index (κ2) is 6.78. The van der Waals surface area contributed by atoms with Crippen LogP contribution in [0.2, 0.25) is 0 Å². The highest BCUT2D eigenvalue weighted by molar-refractivity contribution is 7.90. The molecule has 0 aromatic carbocycles. The molecule has 0 amide bonds. The SMILES string of the molecule is CCOC(=O)[C@H](N)[C@@H](N[S+]([O-])C(C)(C)C)C(F)(F)F. The summed E-state index contributed by atoms with van der Waals surface area (Å²) in [5.41, 5.74) is 5.23. The molecule has 0 aliphatic rings. The third-order valence-electron chi connectivity index (χ3n) is 2.06. The molecule has 0 aliphatic carbocycles. The second-order valence-electron chi connectivity index (χ2n) is 4.80. The van der Waals surface area contributed by atoms with E-state index in [2.05, 4.69) is 4.74 Å². The summed E-state index contributed by atoms with van der Waals surface area (Å²) in [6.07, 6.45) is -4.81. The van der Waals surface area contributed by atoms with Crippen LogP contribution in [-0.4, -0.2) is 40.1 Å². The largest absolute Gasteiger partial charge is 0.598 e. The summed E-state index contributed by atoms with van der Waals surface area (Å²) < 4.78 is 55.6. The highest BCUT2D eigenvalue weighted by atomic mass is 32.2. The van der Waals surface area contributed by atoms with E-state index in [-0.39, 0.29) is 6.61 Å². The molecule has 0 saturated carbocycles. The van der Waals surface area contributed by atoms with Gasteiger partial charge in [-0.25, -0.2) is 0 Å². The lowest BCUT2D eigenvalue weighted by Gasteiger charge is -2.30. The smallest absolute Gasteiger partial charge is 0.410 e. The molecule has 0 aliphatic heterocycles. The summed E-state index contributed by atoms with van der Waals surface area (Å²) in [6.45, 7) is 5.87. The van der Waals surface area contributed by atoms with Crippen molar-refractivity contribution in [2.75, 3.05) is 6.61 Å². The van der Waals surface area contributed by atoms with Crippen molar-refractivity contribution in [1.29, 1.82) is 0 Å². The van der Waals surface area contributed by atoms with Crippen molar-refractivity contribution in [3.05, 3.63) is 0 Å². The third kappa shape index (κ3) is 5.98. The first-order valence-corrected chi connectivity index (χ1v) is 6.73. The Morgan fingerprint density at radius 3 is 2.21 bits per heavy atom. The molecule has 19 heavy (non-hydrogen) atoms. The number of carbonyl (C=O) groups is 1. The zero-order valence-corrected chi connectivity index (χ0v) is 12.0. The van der Waals surface area contributed by atoms with E-state index in [4.69, 9.17) is 5.73 Å². The van der Waals surface area contributed by atoms with Gasteiger partial charge in [-0.1, -0.05) is 0 Å². The van der Waals surface area contributed by atoms with E-state index in [9.17, 15) is 22.5 Å². The molecule has 0 spiro atoms. The number of esters is 1. The van der Waals surface area contributed by atoms with Gasteiger partial charge in [0, 0.05) is 11.4 Å². The van der Waals surface area contributed by atoms with Crippen LogP contribution in [0.15, 0.2) is 0 Å². The third-order valence-corrected chi connectivity index (χ3v) is 3.64. The van der Waals surface area contributed by atoms with Gasteiger partial charge in [-0.05, 0) is 27.7 Å². The van der Waals surface area contributed by atoms with E-state index in [0.29, 0.717) is 0 Å². The number of hydrogen-bond acceptors (Lipinski definition) is 5. The highest BCUT2D eigenvalue weighted by Crippen LogP contribution is 2.25. The van der Waals surface area contributed by atoms with Gasteiger partial charge in [0.1, 0.15) is 10.8 Å². The van der Waals surface area contributed by atoms with Crippen LogP contribution in [0.1, 0.15) is 27.7 Å². The van der Waals surface area contributed by atoms with Gasteiger partial charge in [-0.15, -0.1) is 4.72 Å². The van der Waals surface area contributed by atoms with Crippen molar-refractivity contribution in [3.8, 4) is 0 Å². The van der Waals surface area contributed by atoms with Crippen molar-refractivity contribution < 1.29 is 27.3 Å². The van der Waals surface area contributed by atoms with Gasteiger partial charge in [0.25, 0.3) is 0 Å². The summed E-state index contributed by atoms with van der Waals surface area (Å²) in [7, 11) is 0. The topological polar surface area (TPSA) is 87.4 Å². The Labute approximate surface area is 113 Å². The van der Waals surface area contributed by atoms with Crippen LogP contribution in [0.4, 0.5) is 13.2 Å². The first kappa shape index (κ1) is 18.5.